The lowest BCUT2D eigenvalue weighted by Crippen LogP contribution is -2.52. The van der Waals surface area contributed by atoms with E-state index >= 15 is 0 Å². The third-order valence-electron chi connectivity index (χ3n) is 7.82. The first-order chi connectivity index (χ1) is 22.7. The summed E-state index contributed by atoms with van der Waals surface area (Å²) >= 11 is 4.20. The standard InChI is InChI=1S/C34H42N8O4S/c1-3-4-8-27(42-32(44)22-12-15-38-28(18-22)31(35)47)34(46)40-24(17-23-20-39-26-9-6-5-7-25(23)26)19-30(43)41-29(33(45)36-2)16-21-10-13-37-14-11-21/h5-7,9-15,18,20,24,27,29,31,39,47H,3-4,8,16-17,19,35H2,1-2H3,(H,36,45)(H,40,46)(H,41,43)(H,42,44)/t24-,27+,29+,31?/m0/s1. The minimum Gasteiger partial charge on any atom is -0.361 e. The van der Waals surface area contributed by atoms with Crippen LogP contribution in [0.25, 0.3) is 10.9 Å². The lowest BCUT2D eigenvalue weighted by atomic mass is 10.00. The highest BCUT2D eigenvalue weighted by Crippen LogP contribution is 2.20. The predicted octanol–water partition coefficient (Wildman–Crippen LogP) is 2.72. The highest BCUT2D eigenvalue weighted by atomic mass is 32.1. The summed E-state index contributed by atoms with van der Waals surface area (Å²) in [7, 11) is 1.51. The number of para-hydroxylation sites is 1. The minimum atomic E-state index is -0.859. The van der Waals surface area contributed by atoms with Crippen molar-refractivity contribution in [3.8, 4) is 0 Å². The quantitative estimate of drug-likeness (QED) is 0.0713. The average Bonchev–Trinajstić information content (AvgIpc) is 3.48. The molecular weight excluding hydrogens is 616 g/mol. The van der Waals surface area contributed by atoms with Crippen LogP contribution in [-0.2, 0) is 27.2 Å². The first-order valence-corrected chi connectivity index (χ1v) is 16.2. The first kappa shape index (κ1) is 35.1. The van der Waals surface area contributed by atoms with Crippen LogP contribution in [0.4, 0.5) is 0 Å². The van der Waals surface area contributed by atoms with Crippen molar-refractivity contribution in [1.82, 2.24) is 36.2 Å². The van der Waals surface area contributed by atoms with Crippen LogP contribution in [0.2, 0.25) is 0 Å². The Labute approximate surface area is 279 Å². The molecule has 0 aliphatic carbocycles. The number of nitrogens with two attached hydrogens (primary N) is 1. The Hall–Kier alpha value is -4.75. The normalized spacial score (nSPS) is 13.6. The molecule has 0 radical (unpaired) electrons. The Morgan fingerprint density at radius 1 is 0.936 bits per heavy atom. The molecular formula is C34H42N8O4S. The van der Waals surface area contributed by atoms with Gasteiger partial charge in [-0.2, -0.15) is 12.6 Å². The molecule has 0 aliphatic rings. The summed E-state index contributed by atoms with van der Waals surface area (Å²) in [4.78, 5) is 64.6. The third-order valence-corrected chi connectivity index (χ3v) is 8.09. The second-order valence-electron chi connectivity index (χ2n) is 11.3. The van der Waals surface area contributed by atoms with Gasteiger partial charge >= 0.3 is 0 Å². The SMILES string of the molecule is CCCC[C@@H](NC(=O)c1ccnc(C(N)S)c1)C(=O)N[C@H](CC(=O)N[C@H](Cc1ccncc1)C(=O)NC)Cc1c[nH]c2ccccc12. The molecule has 0 saturated carbocycles. The van der Waals surface area contributed by atoms with Crippen LogP contribution in [0.5, 0.6) is 0 Å². The number of benzene rings is 1. The van der Waals surface area contributed by atoms with Gasteiger partial charge < -0.3 is 32.0 Å². The lowest BCUT2D eigenvalue weighted by molar-refractivity contribution is -0.129. The predicted molar refractivity (Wildman–Crippen MR) is 183 cm³/mol. The Morgan fingerprint density at radius 2 is 1.70 bits per heavy atom. The van der Waals surface area contributed by atoms with Crippen LogP contribution in [0, 0.1) is 0 Å². The molecule has 0 aliphatic heterocycles. The molecule has 3 aromatic heterocycles. The van der Waals surface area contributed by atoms with Crippen molar-refractivity contribution in [3.05, 3.63) is 95.7 Å². The van der Waals surface area contributed by atoms with Gasteiger partial charge in [0.15, 0.2) is 0 Å². The molecule has 12 nitrogen and oxygen atoms in total. The van der Waals surface area contributed by atoms with Gasteiger partial charge in [0.1, 0.15) is 12.1 Å². The zero-order chi connectivity index (χ0) is 33.8. The van der Waals surface area contributed by atoms with Crippen LogP contribution in [0.1, 0.15) is 65.2 Å². The number of carbonyl (C=O) groups is 4. The van der Waals surface area contributed by atoms with Crippen molar-refractivity contribution >= 4 is 47.2 Å². The molecule has 4 aromatic rings. The van der Waals surface area contributed by atoms with E-state index in [1.165, 1.54) is 13.2 Å². The summed E-state index contributed by atoms with van der Waals surface area (Å²) in [6.07, 6.45) is 8.99. The summed E-state index contributed by atoms with van der Waals surface area (Å²) in [5.74, 6) is -1.61. The monoisotopic (exact) mass is 658 g/mol. The van der Waals surface area contributed by atoms with Crippen molar-refractivity contribution in [2.75, 3.05) is 7.05 Å². The number of rotatable bonds is 16. The number of likely N-dealkylation sites (N-methyl/N-ethyl adjacent to an activating group) is 1. The van der Waals surface area contributed by atoms with E-state index in [9.17, 15) is 19.2 Å². The minimum absolute atomic E-state index is 0.100. The van der Waals surface area contributed by atoms with Crippen molar-refractivity contribution in [3.63, 3.8) is 0 Å². The number of hydrogen-bond acceptors (Lipinski definition) is 8. The van der Waals surface area contributed by atoms with Gasteiger partial charge in [-0.3, -0.25) is 29.1 Å². The number of carbonyl (C=O) groups excluding carboxylic acids is 4. The van der Waals surface area contributed by atoms with Crippen molar-refractivity contribution in [2.45, 2.75) is 68.9 Å². The number of nitrogens with one attached hydrogen (secondary N) is 5. The van der Waals surface area contributed by atoms with Gasteiger partial charge in [-0.25, -0.2) is 0 Å². The number of aromatic amines is 1. The molecule has 3 heterocycles. The second kappa shape index (κ2) is 17.2. The molecule has 1 unspecified atom stereocenters. The molecule has 47 heavy (non-hydrogen) atoms. The van der Waals surface area contributed by atoms with Crippen molar-refractivity contribution in [1.29, 1.82) is 0 Å². The number of unbranched alkanes of at least 4 members (excludes halogenated alkanes) is 1. The van der Waals surface area contributed by atoms with E-state index in [0.29, 0.717) is 30.5 Å². The highest BCUT2D eigenvalue weighted by molar-refractivity contribution is 7.80. The van der Waals surface area contributed by atoms with Crippen LogP contribution >= 0.6 is 12.6 Å². The number of thiol groups is 1. The molecule has 0 bridgehead atoms. The molecule has 248 valence electrons. The topological polar surface area (TPSA) is 184 Å². The van der Waals surface area contributed by atoms with Crippen LogP contribution < -0.4 is 27.0 Å². The van der Waals surface area contributed by atoms with Crippen LogP contribution in [0.3, 0.4) is 0 Å². The highest BCUT2D eigenvalue weighted by Gasteiger charge is 2.27. The van der Waals surface area contributed by atoms with Gasteiger partial charge in [-0.05, 0) is 54.3 Å². The van der Waals surface area contributed by atoms with Gasteiger partial charge in [0, 0.05) is 67.2 Å². The maximum Gasteiger partial charge on any atom is 0.252 e. The number of aromatic nitrogens is 3. The van der Waals surface area contributed by atoms with E-state index in [4.69, 9.17) is 5.73 Å². The molecule has 0 spiro atoms. The number of fused-ring (bicyclic) bond motifs is 1. The van der Waals surface area contributed by atoms with Crippen molar-refractivity contribution in [2.24, 2.45) is 5.73 Å². The maximum atomic E-state index is 13.8. The van der Waals surface area contributed by atoms with Gasteiger partial charge in [-0.1, -0.05) is 38.0 Å². The van der Waals surface area contributed by atoms with E-state index in [1.807, 2.05) is 37.4 Å². The van der Waals surface area contributed by atoms with Gasteiger partial charge in [0.25, 0.3) is 5.91 Å². The van der Waals surface area contributed by atoms with E-state index in [-0.39, 0.29) is 18.7 Å². The van der Waals surface area contributed by atoms with Crippen LogP contribution in [0.15, 0.2) is 73.3 Å². The van der Waals surface area contributed by atoms with Crippen LogP contribution in [-0.4, -0.2) is 63.8 Å². The summed E-state index contributed by atoms with van der Waals surface area (Å²) in [6.45, 7) is 2.00. The van der Waals surface area contributed by atoms with Gasteiger partial charge in [0.2, 0.25) is 17.7 Å². The molecule has 0 saturated heterocycles. The zero-order valence-corrected chi connectivity index (χ0v) is 27.4. The van der Waals surface area contributed by atoms with E-state index < -0.39 is 41.2 Å². The number of pyridine rings is 2. The Kier molecular flexibility index (Phi) is 12.9. The molecule has 4 atom stereocenters. The number of nitrogens with zero attached hydrogens (tertiary/aromatic N) is 2. The molecule has 4 rings (SSSR count). The third kappa shape index (κ3) is 10.1. The van der Waals surface area contributed by atoms with Crippen molar-refractivity contribution < 1.29 is 19.2 Å². The maximum absolute atomic E-state index is 13.8. The molecule has 7 N–H and O–H groups in total. The van der Waals surface area contributed by atoms with E-state index in [0.717, 1.165) is 28.5 Å². The summed E-state index contributed by atoms with van der Waals surface area (Å²) in [5, 5.41) is 11.7. The fraction of sp³-hybridized carbons (Fsp3) is 0.353. The number of H-pyrrole nitrogens is 1. The summed E-state index contributed by atoms with van der Waals surface area (Å²) in [5.41, 5.74) is 9.24. The largest absolute Gasteiger partial charge is 0.361 e. The summed E-state index contributed by atoms with van der Waals surface area (Å²) < 4.78 is 0. The van der Waals surface area contributed by atoms with Gasteiger partial charge in [0.05, 0.1) is 11.1 Å². The Morgan fingerprint density at radius 3 is 2.43 bits per heavy atom. The Bertz CT molecular complexity index is 1660. The van der Waals surface area contributed by atoms with E-state index in [2.05, 4.69) is 48.8 Å². The fourth-order valence-corrected chi connectivity index (χ4v) is 5.47. The molecule has 0 fully saturated rings. The Balaban J connectivity index is 1.54. The zero-order valence-electron chi connectivity index (χ0n) is 26.5. The summed E-state index contributed by atoms with van der Waals surface area (Å²) in [6, 6.07) is 12.1. The van der Waals surface area contributed by atoms with E-state index in [1.54, 1.807) is 36.7 Å². The molecule has 4 amide bonds. The number of amides is 4. The molecule has 1 aromatic carbocycles. The second-order valence-corrected chi connectivity index (χ2v) is 11.9. The number of hydrogen-bond donors (Lipinski definition) is 7. The molecule has 13 heteroatoms. The smallest absolute Gasteiger partial charge is 0.252 e. The first-order valence-electron chi connectivity index (χ1n) is 15.6. The van der Waals surface area contributed by atoms with Gasteiger partial charge in [-0.15, -0.1) is 0 Å². The average molecular weight is 659 g/mol. The fourth-order valence-electron chi connectivity index (χ4n) is 5.33. The lowest BCUT2D eigenvalue weighted by Gasteiger charge is -2.24.